The minimum absolute atomic E-state index is 0.0782. The third-order valence-corrected chi connectivity index (χ3v) is 3.93. The van der Waals surface area contributed by atoms with Crippen molar-refractivity contribution in [3.05, 3.63) is 34.9 Å². The maximum Gasteiger partial charge on any atom is 0.318 e. The standard InChI is InChI=1S/C15H16ClNO4/c1-21-15(20)11-9-17(7-6-13(11)18)14(19)8-10-4-2-3-5-12(10)16/h2-5,11H,6-9H2,1H3. The normalized spacial score (nSPS) is 18.5. The van der Waals surface area contributed by atoms with Crippen molar-refractivity contribution < 1.29 is 19.1 Å². The second kappa shape index (κ2) is 6.72. The highest BCUT2D eigenvalue weighted by Crippen LogP contribution is 2.19. The fourth-order valence-corrected chi connectivity index (χ4v) is 2.53. The van der Waals surface area contributed by atoms with E-state index in [0.29, 0.717) is 11.6 Å². The zero-order valence-electron chi connectivity index (χ0n) is 11.7. The van der Waals surface area contributed by atoms with Crippen molar-refractivity contribution in [2.45, 2.75) is 12.8 Å². The van der Waals surface area contributed by atoms with Crippen LogP contribution >= 0.6 is 11.6 Å². The highest BCUT2D eigenvalue weighted by Gasteiger charge is 2.35. The Bertz CT molecular complexity index is 565. The van der Waals surface area contributed by atoms with E-state index in [4.69, 9.17) is 11.6 Å². The minimum atomic E-state index is -0.876. The number of ether oxygens (including phenoxy) is 1. The summed E-state index contributed by atoms with van der Waals surface area (Å²) >= 11 is 6.03. The summed E-state index contributed by atoms with van der Waals surface area (Å²) in [6.45, 7) is 0.407. The average molecular weight is 310 g/mol. The van der Waals surface area contributed by atoms with Gasteiger partial charge in [-0.3, -0.25) is 14.4 Å². The van der Waals surface area contributed by atoms with Crippen LogP contribution in [0.4, 0.5) is 0 Å². The van der Waals surface area contributed by atoms with Crippen LogP contribution in [0.3, 0.4) is 0 Å². The van der Waals surface area contributed by atoms with Gasteiger partial charge in [0.1, 0.15) is 5.92 Å². The van der Waals surface area contributed by atoms with Gasteiger partial charge >= 0.3 is 5.97 Å². The molecule has 1 saturated heterocycles. The van der Waals surface area contributed by atoms with Gasteiger partial charge in [-0.15, -0.1) is 0 Å². The number of nitrogens with zero attached hydrogens (tertiary/aromatic N) is 1. The van der Waals surface area contributed by atoms with Gasteiger partial charge in [-0.05, 0) is 11.6 Å². The zero-order chi connectivity index (χ0) is 15.4. The van der Waals surface area contributed by atoms with Crippen molar-refractivity contribution in [1.29, 1.82) is 0 Å². The molecule has 1 fully saturated rings. The third kappa shape index (κ3) is 3.61. The quantitative estimate of drug-likeness (QED) is 0.626. The van der Waals surface area contributed by atoms with Gasteiger partial charge < -0.3 is 9.64 Å². The van der Waals surface area contributed by atoms with E-state index in [0.717, 1.165) is 5.56 Å². The molecule has 1 amide bonds. The first-order chi connectivity index (χ1) is 10.0. The Morgan fingerprint density at radius 3 is 2.76 bits per heavy atom. The number of likely N-dealkylation sites (tertiary alicyclic amines) is 1. The van der Waals surface area contributed by atoms with Crippen LogP contribution < -0.4 is 0 Å². The van der Waals surface area contributed by atoms with E-state index >= 15 is 0 Å². The molecule has 21 heavy (non-hydrogen) atoms. The molecule has 1 aromatic rings. The Hall–Kier alpha value is -1.88. The molecule has 1 aromatic carbocycles. The molecular formula is C15H16ClNO4. The number of esters is 1. The second-order valence-electron chi connectivity index (χ2n) is 4.90. The molecule has 1 atom stereocenters. The number of ketones is 1. The first-order valence-corrected chi connectivity index (χ1v) is 7.02. The van der Waals surface area contributed by atoms with Gasteiger partial charge in [0.15, 0.2) is 5.78 Å². The summed E-state index contributed by atoms with van der Waals surface area (Å²) in [5.74, 6) is -1.79. The largest absolute Gasteiger partial charge is 0.468 e. The lowest BCUT2D eigenvalue weighted by Gasteiger charge is -2.30. The Labute approximate surface area is 127 Å². The molecule has 2 rings (SSSR count). The fourth-order valence-electron chi connectivity index (χ4n) is 2.32. The number of carbonyl (C=O) groups excluding carboxylic acids is 3. The number of Topliss-reactive ketones (excluding diaryl/α,β-unsaturated/α-hetero) is 1. The van der Waals surface area contributed by atoms with Crippen molar-refractivity contribution in [3.8, 4) is 0 Å². The van der Waals surface area contributed by atoms with Crippen LogP contribution in [-0.4, -0.2) is 42.8 Å². The Morgan fingerprint density at radius 1 is 1.38 bits per heavy atom. The van der Waals surface area contributed by atoms with Gasteiger partial charge in [0.05, 0.1) is 13.5 Å². The summed E-state index contributed by atoms with van der Waals surface area (Å²) in [6, 6.07) is 7.11. The molecular weight excluding hydrogens is 294 g/mol. The van der Waals surface area contributed by atoms with E-state index < -0.39 is 11.9 Å². The molecule has 5 nitrogen and oxygen atoms in total. The van der Waals surface area contributed by atoms with Gasteiger partial charge in [-0.2, -0.15) is 0 Å². The molecule has 112 valence electrons. The molecule has 1 aliphatic heterocycles. The van der Waals surface area contributed by atoms with Crippen LogP contribution in [-0.2, 0) is 25.5 Å². The fraction of sp³-hybridized carbons (Fsp3) is 0.400. The number of methoxy groups -OCH3 is 1. The Kier molecular flexibility index (Phi) is 4.96. The number of amides is 1. The summed E-state index contributed by atoms with van der Waals surface area (Å²) in [5.41, 5.74) is 0.732. The van der Waals surface area contributed by atoms with Crippen LogP contribution in [0.25, 0.3) is 0 Å². The first kappa shape index (κ1) is 15.5. The molecule has 0 saturated carbocycles. The Balaban J connectivity index is 2.05. The summed E-state index contributed by atoms with van der Waals surface area (Å²) in [5, 5.41) is 0.531. The molecule has 1 unspecified atom stereocenters. The predicted molar refractivity (Wildman–Crippen MR) is 76.9 cm³/mol. The number of halogens is 1. The maximum atomic E-state index is 12.3. The highest BCUT2D eigenvalue weighted by molar-refractivity contribution is 6.31. The van der Waals surface area contributed by atoms with Crippen molar-refractivity contribution in [3.63, 3.8) is 0 Å². The third-order valence-electron chi connectivity index (χ3n) is 3.56. The number of hydrogen-bond donors (Lipinski definition) is 0. The van der Waals surface area contributed by atoms with E-state index in [2.05, 4.69) is 4.74 Å². The van der Waals surface area contributed by atoms with Gasteiger partial charge in [0, 0.05) is 24.5 Å². The SMILES string of the molecule is COC(=O)C1CN(C(=O)Cc2ccccc2Cl)CCC1=O. The monoisotopic (exact) mass is 309 g/mol. The molecule has 0 bridgehead atoms. The minimum Gasteiger partial charge on any atom is -0.468 e. The van der Waals surface area contributed by atoms with E-state index in [1.54, 1.807) is 18.2 Å². The molecule has 0 radical (unpaired) electrons. The van der Waals surface area contributed by atoms with Crippen molar-refractivity contribution in [1.82, 2.24) is 4.90 Å². The van der Waals surface area contributed by atoms with E-state index in [-0.39, 0.29) is 31.1 Å². The zero-order valence-corrected chi connectivity index (χ0v) is 12.4. The van der Waals surface area contributed by atoms with Gasteiger partial charge in [-0.1, -0.05) is 29.8 Å². The molecule has 6 heteroatoms. The molecule has 0 aromatic heterocycles. The van der Waals surface area contributed by atoms with Crippen molar-refractivity contribution in [2.24, 2.45) is 5.92 Å². The molecule has 1 aliphatic rings. The number of rotatable bonds is 3. The summed E-state index contributed by atoms with van der Waals surface area (Å²) < 4.78 is 4.61. The lowest BCUT2D eigenvalue weighted by molar-refractivity contribution is -0.153. The van der Waals surface area contributed by atoms with Crippen LogP contribution in [0.1, 0.15) is 12.0 Å². The smallest absolute Gasteiger partial charge is 0.318 e. The molecule has 0 aliphatic carbocycles. The van der Waals surface area contributed by atoms with Gasteiger partial charge in [-0.25, -0.2) is 0 Å². The van der Waals surface area contributed by atoms with Crippen LogP contribution in [0, 0.1) is 5.92 Å². The highest BCUT2D eigenvalue weighted by atomic mass is 35.5. The van der Waals surface area contributed by atoms with Crippen LogP contribution in [0.5, 0.6) is 0 Å². The summed E-state index contributed by atoms with van der Waals surface area (Å²) in [6.07, 6.45) is 0.329. The van der Waals surface area contributed by atoms with Gasteiger partial charge in [0.25, 0.3) is 0 Å². The maximum absolute atomic E-state index is 12.3. The molecule has 0 spiro atoms. The lowest BCUT2D eigenvalue weighted by Crippen LogP contribution is -2.47. The van der Waals surface area contributed by atoms with Crippen molar-refractivity contribution >= 4 is 29.3 Å². The second-order valence-corrected chi connectivity index (χ2v) is 5.31. The summed E-state index contributed by atoms with van der Waals surface area (Å²) in [7, 11) is 1.24. The van der Waals surface area contributed by atoms with Crippen LogP contribution in [0.15, 0.2) is 24.3 Å². The Morgan fingerprint density at radius 2 is 2.10 bits per heavy atom. The van der Waals surface area contributed by atoms with Gasteiger partial charge in [0.2, 0.25) is 5.91 Å². The number of piperidine rings is 1. The topological polar surface area (TPSA) is 63.7 Å². The predicted octanol–water partition coefficient (Wildman–Crippen LogP) is 1.47. The first-order valence-electron chi connectivity index (χ1n) is 6.64. The van der Waals surface area contributed by atoms with E-state index in [9.17, 15) is 14.4 Å². The van der Waals surface area contributed by atoms with E-state index in [1.165, 1.54) is 12.0 Å². The molecule has 0 N–H and O–H groups in total. The average Bonchev–Trinajstić information content (AvgIpc) is 2.49. The van der Waals surface area contributed by atoms with Crippen LogP contribution in [0.2, 0.25) is 5.02 Å². The number of carbonyl (C=O) groups is 3. The van der Waals surface area contributed by atoms with E-state index in [1.807, 2.05) is 6.07 Å². The number of hydrogen-bond acceptors (Lipinski definition) is 4. The lowest BCUT2D eigenvalue weighted by atomic mass is 9.96. The van der Waals surface area contributed by atoms with Crippen molar-refractivity contribution in [2.75, 3.05) is 20.2 Å². The molecule has 1 heterocycles. The summed E-state index contributed by atoms with van der Waals surface area (Å²) in [4.78, 5) is 37.1. The number of benzene rings is 1.